The maximum absolute atomic E-state index is 14.1. The monoisotopic (exact) mass is 659 g/mol. The molecule has 2 aromatic heterocycles. The molecule has 48 heavy (non-hydrogen) atoms. The van der Waals surface area contributed by atoms with Gasteiger partial charge in [-0.3, -0.25) is 14.6 Å². The van der Waals surface area contributed by atoms with Crippen LogP contribution in [-0.4, -0.2) is 16.8 Å². The van der Waals surface area contributed by atoms with Gasteiger partial charge in [-0.05, 0) is 96.6 Å². The zero-order chi connectivity index (χ0) is 33.4. The van der Waals surface area contributed by atoms with Crippen molar-refractivity contribution in [3.8, 4) is 16.9 Å². The molecule has 240 valence electrons. The predicted molar refractivity (Wildman–Crippen MR) is 183 cm³/mol. The van der Waals surface area contributed by atoms with E-state index in [2.05, 4.69) is 10.3 Å². The third kappa shape index (κ3) is 6.14. The van der Waals surface area contributed by atoms with E-state index < -0.39 is 11.4 Å². The number of ether oxygens (including phenoxy) is 1. The molecule has 4 aromatic carbocycles. The third-order valence-electron chi connectivity index (χ3n) is 8.77. The molecule has 0 spiro atoms. The van der Waals surface area contributed by atoms with Crippen LogP contribution in [0.5, 0.6) is 5.75 Å². The highest BCUT2D eigenvalue weighted by molar-refractivity contribution is 6.31. The molecule has 0 aliphatic heterocycles. The molecule has 1 aliphatic rings. The number of primary amides is 1. The van der Waals surface area contributed by atoms with E-state index in [-0.39, 0.29) is 30.3 Å². The van der Waals surface area contributed by atoms with Crippen molar-refractivity contribution in [3.63, 3.8) is 0 Å². The van der Waals surface area contributed by atoms with Crippen LogP contribution in [0.4, 0.5) is 4.39 Å². The molecular weight excluding hydrogens is 629 g/mol. The number of fused-ring (bicyclic) bond motifs is 1. The fourth-order valence-electron chi connectivity index (χ4n) is 6.06. The molecule has 0 atom stereocenters. The Morgan fingerprint density at radius 1 is 1.00 bits per heavy atom. The Labute approximate surface area is 281 Å². The summed E-state index contributed by atoms with van der Waals surface area (Å²) < 4.78 is 25.9. The summed E-state index contributed by atoms with van der Waals surface area (Å²) in [4.78, 5) is 31.3. The number of aryl methyl sites for hydroxylation is 1. The van der Waals surface area contributed by atoms with Gasteiger partial charge in [0.15, 0.2) is 0 Å². The predicted octanol–water partition coefficient (Wildman–Crippen LogP) is 8.28. The van der Waals surface area contributed by atoms with Gasteiger partial charge in [-0.15, -0.1) is 0 Å². The van der Waals surface area contributed by atoms with E-state index in [0.29, 0.717) is 33.1 Å². The molecule has 9 heteroatoms. The second-order valence-electron chi connectivity index (χ2n) is 12.1. The lowest BCUT2D eigenvalue weighted by Crippen LogP contribution is -2.35. The molecule has 1 aliphatic carbocycles. The standard InChI is InChI=1S/C39H31ClFN3O4/c1-23-18-33(47-22-26-6-2-3-7-31(26)40)30(38(46)44-39(15-16-39)35-8-4-5-17-43-35)21-28(23)25-11-14-32-29(20-25)36(37(42)45)34(48-32)19-24-9-12-27(41)13-10-24/h2-14,17-18,20-21H,15-16,19,22H2,1H3,(H2,42,45)(H,44,46). The van der Waals surface area contributed by atoms with Gasteiger partial charge in [0.1, 0.15) is 29.5 Å². The van der Waals surface area contributed by atoms with Crippen LogP contribution in [0.2, 0.25) is 5.02 Å². The molecule has 1 saturated carbocycles. The second-order valence-corrected chi connectivity index (χ2v) is 12.5. The number of benzene rings is 4. The minimum absolute atomic E-state index is 0.171. The first kappa shape index (κ1) is 31.1. The molecule has 0 saturated heterocycles. The second kappa shape index (κ2) is 12.6. The summed E-state index contributed by atoms with van der Waals surface area (Å²) in [6, 6.07) is 28.3. The first-order valence-electron chi connectivity index (χ1n) is 15.6. The molecule has 2 amide bonds. The van der Waals surface area contributed by atoms with Crippen LogP contribution in [0.3, 0.4) is 0 Å². The number of nitrogens with two attached hydrogens (primary N) is 1. The number of rotatable bonds is 10. The number of aromatic nitrogens is 1. The normalized spacial score (nSPS) is 13.3. The van der Waals surface area contributed by atoms with Crippen molar-refractivity contribution >= 4 is 34.4 Å². The van der Waals surface area contributed by atoms with Gasteiger partial charge in [0, 0.05) is 28.6 Å². The summed E-state index contributed by atoms with van der Waals surface area (Å²) in [7, 11) is 0. The van der Waals surface area contributed by atoms with Crippen molar-refractivity contribution in [3.05, 3.63) is 153 Å². The van der Waals surface area contributed by atoms with Crippen LogP contribution < -0.4 is 15.8 Å². The Hall–Kier alpha value is -5.47. The van der Waals surface area contributed by atoms with Crippen LogP contribution in [0, 0.1) is 12.7 Å². The van der Waals surface area contributed by atoms with Gasteiger partial charge in [0.25, 0.3) is 11.8 Å². The maximum atomic E-state index is 14.1. The quantitative estimate of drug-likeness (QED) is 0.154. The summed E-state index contributed by atoms with van der Waals surface area (Å²) in [5.74, 6) is -0.472. The smallest absolute Gasteiger partial charge is 0.255 e. The van der Waals surface area contributed by atoms with Crippen molar-refractivity contribution < 1.29 is 23.1 Å². The molecule has 1 fully saturated rings. The Morgan fingerprint density at radius 3 is 2.48 bits per heavy atom. The van der Waals surface area contributed by atoms with Gasteiger partial charge in [0.05, 0.1) is 22.4 Å². The number of nitrogens with one attached hydrogen (secondary N) is 1. The number of hydrogen-bond acceptors (Lipinski definition) is 5. The number of pyridine rings is 1. The molecular formula is C39H31ClFN3O4. The first-order valence-corrected chi connectivity index (χ1v) is 15.9. The van der Waals surface area contributed by atoms with Crippen molar-refractivity contribution in [2.75, 3.05) is 0 Å². The lowest BCUT2D eigenvalue weighted by Gasteiger charge is -2.20. The lowest BCUT2D eigenvalue weighted by molar-refractivity contribution is 0.0924. The highest BCUT2D eigenvalue weighted by Crippen LogP contribution is 2.45. The fraction of sp³-hybridized carbons (Fsp3) is 0.154. The summed E-state index contributed by atoms with van der Waals surface area (Å²) >= 11 is 6.41. The molecule has 6 aromatic rings. The number of halogens is 2. The Bertz CT molecular complexity index is 2180. The summed E-state index contributed by atoms with van der Waals surface area (Å²) in [5, 5.41) is 4.34. The molecule has 0 radical (unpaired) electrons. The topological polar surface area (TPSA) is 107 Å². The SMILES string of the molecule is Cc1cc(OCc2ccccc2Cl)c(C(=O)NC2(c3ccccn3)CC2)cc1-c1ccc2oc(Cc3ccc(F)cc3)c(C(N)=O)c2c1. The van der Waals surface area contributed by atoms with E-state index in [0.717, 1.165) is 46.4 Å². The highest BCUT2D eigenvalue weighted by atomic mass is 35.5. The van der Waals surface area contributed by atoms with Crippen LogP contribution in [0.15, 0.2) is 108 Å². The number of carbonyl (C=O) groups excluding carboxylic acids is 2. The van der Waals surface area contributed by atoms with E-state index in [1.54, 1.807) is 30.5 Å². The summed E-state index contributed by atoms with van der Waals surface area (Å²) in [6.45, 7) is 2.11. The molecule has 0 unspecified atom stereocenters. The minimum atomic E-state index is -0.632. The Morgan fingerprint density at radius 2 is 1.77 bits per heavy atom. The van der Waals surface area contributed by atoms with Crippen LogP contribution in [0.1, 0.15) is 61.7 Å². The average molecular weight is 660 g/mol. The fourth-order valence-corrected chi connectivity index (χ4v) is 6.25. The number of hydrogen-bond donors (Lipinski definition) is 2. The molecule has 7 rings (SSSR count). The van der Waals surface area contributed by atoms with Gasteiger partial charge in [-0.1, -0.05) is 54.1 Å². The largest absolute Gasteiger partial charge is 0.488 e. The van der Waals surface area contributed by atoms with Crippen molar-refractivity contribution in [1.82, 2.24) is 10.3 Å². The van der Waals surface area contributed by atoms with E-state index >= 15 is 0 Å². The van der Waals surface area contributed by atoms with Gasteiger partial charge in [0.2, 0.25) is 0 Å². The number of furan rings is 1. The number of carbonyl (C=O) groups is 2. The molecule has 3 N–H and O–H groups in total. The van der Waals surface area contributed by atoms with Crippen LogP contribution >= 0.6 is 11.6 Å². The Kier molecular flexibility index (Phi) is 8.19. The number of amides is 2. The van der Waals surface area contributed by atoms with Crippen LogP contribution in [-0.2, 0) is 18.6 Å². The van der Waals surface area contributed by atoms with Crippen molar-refractivity contribution in [1.29, 1.82) is 0 Å². The van der Waals surface area contributed by atoms with E-state index in [9.17, 15) is 14.0 Å². The zero-order valence-corrected chi connectivity index (χ0v) is 26.8. The van der Waals surface area contributed by atoms with Gasteiger partial charge >= 0.3 is 0 Å². The van der Waals surface area contributed by atoms with Crippen LogP contribution in [0.25, 0.3) is 22.1 Å². The van der Waals surface area contributed by atoms with E-state index in [1.165, 1.54) is 12.1 Å². The Balaban J connectivity index is 1.28. The summed E-state index contributed by atoms with van der Waals surface area (Å²) in [5.41, 5.74) is 11.2. The lowest BCUT2D eigenvalue weighted by atomic mass is 9.95. The van der Waals surface area contributed by atoms with Crippen molar-refractivity contribution in [2.45, 2.75) is 38.3 Å². The zero-order valence-electron chi connectivity index (χ0n) is 26.1. The molecule has 7 nitrogen and oxygen atoms in total. The van der Waals surface area contributed by atoms with Gasteiger partial charge in [-0.2, -0.15) is 0 Å². The van der Waals surface area contributed by atoms with E-state index in [1.807, 2.05) is 67.6 Å². The van der Waals surface area contributed by atoms with E-state index in [4.69, 9.17) is 26.5 Å². The first-order chi connectivity index (χ1) is 23.2. The maximum Gasteiger partial charge on any atom is 0.255 e. The molecule has 0 bridgehead atoms. The molecule has 2 heterocycles. The van der Waals surface area contributed by atoms with Gasteiger partial charge in [-0.25, -0.2) is 4.39 Å². The number of nitrogens with zero attached hydrogens (tertiary/aromatic N) is 1. The third-order valence-corrected chi connectivity index (χ3v) is 9.14. The van der Waals surface area contributed by atoms with Crippen molar-refractivity contribution in [2.24, 2.45) is 5.73 Å². The average Bonchev–Trinajstić information content (AvgIpc) is 3.77. The highest BCUT2D eigenvalue weighted by Gasteiger charge is 2.47. The summed E-state index contributed by atoms with van der Waals surface area (Å²) in [6.07, 6.45) is 3.54. The van der Waals surface area contributed by atoms with Gasteiger partial charge < -0.3 is 20.2 Å². The minimum Gasteiger partial charge on any atom is -0.488 e.